The maximum atomic E-state index is 14.1. The maximum absolute atomic E-state index is 14.1. The van der Waals surface area contributed by atoms with Gasteiger partial charge in [-0.05, 0) is 54.3 Å². The summed E-state index contributed by atoms with van der Waals surface area (Å²) in [5, 5.41) is 3.50. The highest BCUT2D eigenvalue weighted by atomic mass is 79.9. The molecule has 104 valence electrons. The first-order valence-corrected chi connectivity index (χ1v) is 7.80. The Hall–Kier alpha value is -1.19. The minimum Gasteiger partial charge on any atom is -0.310 e. The van der Waals surface area contributed by atoms with Crippen LogP contribution in [0.25, 0.3) is 11.1 Å². The second kappa shape index (κ2) is 5.66. The molecule has 1 atom stereocenters. The molecule has 2 aromatic rings. The van der Waals surface area contributed by atoms with Crippen LogP contribution in [-0.4, -0.2) is 6.54 Å². The van der Waals surface area contributed by atoms with E-state index in [9.17, 15) is 4.39 Å². The van der Waals surface area contributed by atoms with E-state index in [1.165, 1.54) is 17.2 Å². The summed E-state index contributed by atoms with van der Waals surface area (Å²) in [6.45, 7) is 3.08. The van der Waals surface area contributed by atoms with Gasteiger partial charge in [0, 0.05) is 16.1 Å². The molecule has 0 spiro atoms. The molecule has 20 heavy (non-hydrogen) atoms. The zero-order chi connectivity index (χ0) is 14.1. The Labute approximate surface area is 127 Å². The van der Waals surface area contributed by atoms with Gasteiger partial charge in [0.1, 0.15) is 5.82 Å². The Kier molecular flexibility index (Phi) is 3.90. The van der Waals surface area contributed by atoms with E-state index < -0.39 is 0 Å². The molecule has 0 amide bonds. The molecule has 3 heteroatoms. The van der Waals surface area contributed by atoms with Gasteiger partial charge in [0.2, 0.25) is 0 Å². The Morgan fingerprint density at radius 3 is 2.90 bits per heavy atom. The molecule has 1 aliphatic rings. The van der Waals surface area contributed by atoms with Crippen molar-refractivity contribution in [2.24, 2.45) is 0 Å². The van der Waals surface area contributed by atoms with E-state index in [0.717, 1.165) is 29.4 Å². The summed E-state index contributed by atoms with van der Waals surface area (Å²) < 4.78 is 15.0. The number of fused-ring (bicyclic) bond motifs is 1. The van der Waals surface area contributed by atoms with Crippen LogP contribution in [0.15, 0.2) is 40.9 Å². The van der Waals surface area contributed by atoms with Crippen molar-refractivity contribution in [3.63, 3.8) is 0 Å². The van der Waals surface area contributed by atoms with Crippen molar-refractivity contribution in [1.29, 1.82) is 0 Å². The number of hydrogen-bond donors (Lipinski definition) is 1. The average molecular weight is 334 g/mol. The van der Waals surface area contributed by atoms with Crippen molar-refractivity contribution >= 4 is 15.9 Å². The van der Waals surface area contributed by atoms with Gasteiger partial charge >= 0.3 is 0 Å². The van der Waals surface area contributed by atoms with Crippen LogP contribution in [0.4, 0.5) is 4.39 Å². The van der Waals surface area contributed by atoms with Gasteiger partial charge in [0.05, 0.1) is 0 Å². The van der Waals surface area contributed by atoms with Crippen molar-refractivity contribution in [2.75, 3.05) is 6.54 Å². The lowest BCUT2D eigenvalue weighted by atomic mass is 9.96. The molecule has 1 unspecified atom stereocenters. The largest absolute Gasteiger partial charge is 0.310 e. The summed E-state index contributed by atoms with van der Waals surface area (Å²) in [6, 6.07) is 11.8. The van der Waals surface area contributed by atoms with Gasteiger partial charge in [0.25, 0.3) is 0 Å². The van der Waals surface area contributed by atoms with E-state index in [1.54, 1.807) is 6.07 Å². The quantitative estimate of drug-likeness (QED) is 0.846. The highest BCUT2D eigenvalue weighted by molar-refractivity contribution is 9.10. The zero-order valence-corrected chi connectivity index (χ0v) is 13.0. The fourth-order valence-corrected chi connectivity index (χ4v) is 3.43. The molecule has 0 aliphatic heterocycles. The number of rotatable bonds is 3. The molecule has 1 N–H and O–H groups in total. The first-order valence-electron chi connectivity index (χ1n) is 7.01. The van der Waals surface area contributed by atoms with Crippen LogP contribution in [0.3, 0.4) is 0 Å². The highest BCUT2D eigenvalue weighted by Gasteiger charge is 2.24. The predicted octanol–water partition coefficient (Wildman–Crippen LogP) is 4.85. The lowest BCUT2D eigenvalue weighted by molar-refractivity contribution is 0.549. The van der Waals surface area contributed by atoms with E-state index in [4.69, 9.17) is 0 Å². The highest BCUT2D eigenvalue weighted by Crippen LogP contribution is 2.39. The third-order valence-corrected chi connectivity index (χ3v) is 4.43. The topological polar surface area (TPSA) is 12.0 Å². The lowest BCUT2D eigenvalue weighted by Crippen LogP contribution is -2.18. The first kappa shape index (κ1) is 13.8. The Morgan fingerprint density at radius 1 is 1.25 bits per heavy atom. The molecular formula is C17H17BrFN. The van der Waals surface area contributed by atoms with Crippen molar-refractivity contribution in [3.8, 4) is 11.1 Å². The summed E-state index contributed by atoms with van der Waals surface area (Å²) in [5.41, 5.74) is 4.33. The summed E-state index contributed by atoms with van der Waals surface area (Å²) in [5.74, 6) is -0.159. The minimum atomic E-state index is -0.159. The third-order valence-electron chi connectivity index (χ3n) is 3.94. The number of nitrogens with one attached hydrogen (secondary N) is 1. The molecule has 2 aromatic carbocycles. The summed E-state index contributed by atoms with van der Waals surface area (Å²) in [7, 11) is 0. The van der Waals surface area contributed by atoms with Gasteiger partial charge in [-0.15, -0.1) is 0 Å². The van der Waals surface area contributed by atoms with Crippen LogP contribution in [-0.2, 0) is 6.42 Å². The zero-order valence-electron chi connectivity index (χ0n) is 11.4. The second-order valence-corrected chi connectivity index (χ2v) is 6.06. The lowest BCUT2D eigenvalue weighted by Gasteiger charge is -2.14. The average Bonchev–Trinajstić information content (AvgIpc) is 2.85. The van der Waals surface area contributed by atoms with E-state index in [2.05, 4.69) is 34.2 Å². The Bertz CT molecular complexity index is 639. The molecule has 0 bridgehead atoms. The predicted molar refractivity (Wildman–Crippen MR) is 84.3 cm³/mol. The second-order valence-electron chi connectivity index (χ2n) is 5.15. The number of benzene rings is 2. The smallest absolute Gasteiger partial charge is 0.131 e. The van der Waals surface area contributed by atoms with Crippen LogP contribution in [0.5, 0.6) is 0 Å². The normalized spacial score (nSPS) is 17.2. The van der Waals surface area contributed by atoms with Crippen molar-refractivity contribution in [1.82, 2.24) is 5.32 Å². The maximum Gasteiger partial charge on any atom is 0.131 e. The van der Waals surface area contributed by atoms with Gasteiger partial charge < -0.3 is 5.32 Å². The fraction of sp³-hybridized carbons (Fsp3) is 0.294. The fourth-order valence-electron chi connectivity index (χ4n) is 3.07. The van der Waals surface area contributed by atoms with Crippen LogP contribution in [0.1, 0.15) is 30.5 Å². The number of hydrogen-bond acceptors (Lipinski definition) is 1. The van der Waals surface area contributed by atoms with Gasteiger partial charge in [0.15, 0.2) is 0 Å². The monoisotopic (exact) mass is 333 g/mol. The number of halogens is 2. The van der Waals surface area contributed by atoms with E-state index in [1.807, 2.05) is 18.2 Å². The first-order chi connectivity index (χ1) is 9.70. The molecule has 3 rings (SSSR count). The molecule has 0 fully saturated rings. The molecule has 0 saturated carbocycles. The van der Waals surface area contributed by atoms with E-state index in [-0.39, 0.29) is 5.82 Å². The molecule has 0 saturated heterocycles. The minimum absolute atomic E-state index is 0.159. The molecule has 0 radical (unpaired) electrons. The SMILES string of the molecule is CCNC1CCc2c(-c3cc(Br)ccc3F)cccc21. The van der Waals surface area contributed by atoms with Gasteiger partial charge in [-0.3, -0.25) is 0 Å². The van der Waals surface area contributed by atoms with Crippen LogP contribution in [0, 0.1) is 5.82 Å². The summed E-state index contributed by atoms with van der Waals surface area (Å²) in [6.07, 6.45) is 2.10. The molecule has 0 aromatic heterocycles. The molecular weight excluding hydrogens is 317 g/mol. The molecule has 1 aliphatic carbocycles. The van der Waals surface area contributed by atoms with E-state index in [0.29, 0.717) is 11.6 Å². The van der Waals surface area contributed by atoms with Gasteiger partial charge in [-0.25, -0.2) is 4.39 Å². The molecule has 1 nitrogen and oxygen atoms in total. The standard InChI is InChI=1S/C17H17BrFN/c1-2-20-17-9-7-13-12(4-3-5-14(13)17)15-10-11(18)6-8-16(15)19/h3-6,8,10,17,20H,2,7,9H2,1H3. The summed E-state index contributed by atoms with van der Waals surface area (Å²) >= 11 is 3.43. The van der Waals surface area contributed by atoms with Crippen LogP contribution < -0.4 is 5.32 Å². The van der Waals surface area contributed by atoms with Gasteiger partial charge in [-0.1, -0.05) is 41.1 Å². The van der Waals surface area contributed by atoms with Crippen molar-refractivity contribution < 1.29 is 4.39 Å². The third kappa shape index (κ3) is 2.40. The Morgan fingerprint density at radius 2 is 2.10 bits per heavy atom. The van der Waals surface area contributed by atoms with Crippen LogP contribution >= 0.6 is 15.9 Å². The van der Waals surface area contributed by atoms with E-state index >= 15 is 0 Å². The van der Waals surface area contributed by atoms with Crippen LogP contribution in [0.2, 0.25) is 0 Å². The Balaban J connectivity index is 2.10. The van der Waals surface area contributed by atoms with Crippen molar-refractivity contribution in [3.05, 3.63) is 57.8 Å². The van der Waals surface area contributed by atoms with Gasteiger partial charge in [-0.2, -0.15) is 0 Å². The molecule has 0 heterocycles. The van der Waals surface area contributed by atoms with Crippen molar-refractivity contribution in [2.45, 2.75) is 25.8 Å². The summed E-state index contributed by atoms with van der Waals surface area (Å²) in [4.78, 5) is 0.